The van der Waals surface area contributed by atoms with Gasteiger partial charge < -0.3 is 10.2 Å². The van der Waals surface area contributed by atoms with Gasteiger partial charge in [0.1, 0.15) is 5.75 Å². The molecule has 0 aromatic heterocycles. The molecule has 0 saturated carbocycles. The highest BCUT2D eigenvalue weighted by molar-refractivity contribution is 7.92. The van der Waals surface area contributed by atoms with Crippen LogP contribution in [-0.4, -0.2) is 57.4 Å². The number of carbonyl (C=O) groups excluding carboxylic acids is 1. The maximum atomic E-state index is 12.1. The van der Waals surface area contributed by atoms with Crippen LogP contribution in [-0.2, 0) is 14.6 Å². The molecule has 1 fully saturated rings. The van der Waals surface area contributed by atoms with Crippen LogP contribution in [0.15, 0.2) is 0 Å². The number of piperidine rings is 1. The Bertz CT molecular complexity index is 399. The molecule has 1 aliphatic heterocycles. The lowest BCUT2D eigenvalue weighted by atomic mass is 9.98. The minimum Gasteiger partial charge on any atom is -0.341 e. The molecule has 0 aromatic carbocycles. The second-order valence-electron chi connectivity index (χ2n) is 5.70. The average molecular weight is 341 g/mol. The number of carbonyl (C=O) groups is 1. The molecule has 1 unspecified atom stereocenters. The summed E-state index contributed by atoms with van der Waals surface area (Å²) in [5.41, 5.74) is 0. The number of rotatable bonds is 8. The van der Waals surface area contributed by atoms with Crippen LogP contribution in [0.5, 0.6) is 0 Å². The van der Waals surface area contributed by atoms with Crippen molar-refractivity contribution in [2.45, 2.75) is 39.0 Å². The molecule has 1 amide bonds. The van der Waals surface area contributed by atoms with E-state index < -0.39 is 9.84 Å². The molecule has 0 aromatic rings. The number of sulfone groups is 1. The van der Waals surface area contributed by atoms with E-state index in [2.05, 4.69) is 5.32 Å². The lowest BCUT2D eigenvalue weighted by Crippen LogP contribution is -2.44. The fraction of sp³-hybridized carbons (Fsp3) is 0.929. The smallest absolute Gasteiger partial charge is 0.237 e. The van der Waals surface area contributed by atoms with Crippen LogP contribution in [0.25, 0.3) is 0 Å². The maximum Gasteiger partial charge on any atom is 0.237 e. The Morgan fingerprint density at radius 2 is 2.05 bits per heavy atom. The molecule has 1 heterocycles. The van der Waals surface area contributed by atoms with Gasteiger partial charge in [-0.2, -0.15) is 0 Å². The number of hydrogen-bond acceptors (Lipinski definition) is 4. The summed E-state index contributed by atoms with van der Waals surface area (Å²) >= 11 is 0. The van der Waals surface area contributed by atoms with Crippen LogP contribution in [0.3, 0.4) is 0 Å². The van der Waals surface area contributed by atoms with Crippen molar-refractivity contribution < 1.29 is 13.2 Å². The van der Waals surface area contributed by atoms with Gasteiger partial charge in [-0.1, -0.05) is 19.8 Å². The number of nitrogens with zero attached hydrogens (tertiary/aromatic N) is 1. The number of nitrogens with one attached hydrogen (secondary N) is 1. The fourth-order valence-corrected chi connectivity index (χ4v) is 4.02. The Morgan fingerprint density at radius 3 is 2.67 bits per heavy atom. The Morgan fingerprint density at radius 1 is 1.33 bits per heavy atom. The second kappa shape index (κ2) is 10.4. The van der Waals surface area contributed by atoms with Crippen molar-refractivity contribution in [2.24, 2.45) is 5.92 Å². The van der Waals surface area contributed by atoms with Gasteiger partial charge in [0.2, 0.25) is 5.91 Å². The number of halogens is 1. The van der Waals surface area contributed by atoms with E-state index in [1.165, 1.54) is 0 Å². The topological polar surface area (TPSA) is 66.5 Å². The van der Waals surface area contributed by atoms with Crippen molar-refractivity contribution in [1.29, 1.82) is 0 Å². The van der Waals surface area contributed by atoms with Gasteiger partial charge in [-0.3, -0.25) is 4.79 Å². The van der Waals surface area contributed by atoms with E-state index in [0.29, 0.717) is 25.4 Å². The predicted molar refractivity (Wildman–Crippen MR) is 88.7 cm³/mol. The molecule has 0 spiro atoms. The summed E-state index contributed by atoms with van der Waals surface area (Å²) in [5, 5.41) is 3.12. The van der Waals surface area contributed by atoms with Crippen molar-refractivity contribution in [2.75, 3.05) is 38.2 Å². The van der Waals surface area contributed by atoms with Crippen molar-refractivity contribution in [3.63, 3.8) is 0 Å². The monoisotopic (exact) mass is 340 g/mol. The van der Waals surface area contributed by atoms with Crippen LogP contribution in [0.4, 0.5) is 0 Å². The number of amides is 1. The van der Waals surface area contributed by atoms with E-state index in [9.17, 15) is 13.2 Å². The Labute approximate surface area is 135 Å². The van der Waals surface area contributed by atoms with Crippen LogP contribution in [0.1, 0.15) is 39.0 Å². The zero-order chi connectivity index (χ0) is 15.0. The Hall–Kier alpha value is -0.330. The van der Waals surface area contributed by atoms with Gasteiger partial charge in [-0.25, -0.2) is 8.42 Å². The van der Waals surface area contributed by atoms with E-state index in [1.54, 1.807) is 4.90 Å². The minimum absolute atomic E-state index is 0. The molecule has 1 rings (SSSR count). The highest BCUT2D eigenvalue weighted by atomic mass is 35.5. The quantitative estimate of drug-likeness (QED) is 0.679. The molecule has 126 valence electrons. The summed E-state index contributed by atoms with van der Waals surface area (Å²) in [5.74, 6) is 0.0476. The first-order chi connectivity index (χ1) is 9.48. The molecule has 0 aliphatic carbocycles. The highest BCUT2D eigenvalue weighted by Gasteiger charge is 2.26. The number of unbranched alkanes of at least 4 members (excludes halogenated alkanes) is 2. The molecule has 1 saturated heterocycles. The molecule has 0 radical (unpaired) electrons. The van der Waals surface area contributed by atoms with Gasteiger partial charge in [-0.15, -0.1) is 12.4 Å². The SMILES string of the molecule is CCCCCS(=O)(=O)CC(=O)N1CCCC(CNC)C1.Cl. The zero-order valence-corrected chi connectivity index (χ0v) is 14.8. The van der Waals surface area contributed by atoms with Gasteiger partial charge in [0.05, 0.1) is 5.75 Å². The van der Waals surface area contributed by atoms with Gasteiger partial charge >= 0.3 is 0 Å². The van der Waals surface area contributed by atoms with Gasteiger partial charge in [-0.05, 0) is 38.8 Å². The van der Waals surface area contributed by atoms with Crippen molar-refractivity contribution >= 4 is 28.2 Å². The first kappa shape index (κ1) is 20.7. The maximum absolute atomic E-state index is 12.1. The largest absolute Gasteiger partial charge is 0.341 e. The predicted octanol–water partition coefficient (Wildman–Crippen LogP) is 1.47. The third-order valence-electron chi connectivity index (χ3n) is 3.77. The van der Waals surface area contributed by atoms with E-state index in [0.717, 1.165) is 32.2 Å². The Kier molecular flexibility index (Phi) is 10.2. The first-order valence-corrected chi connectivity index (χ1v) is 9.43. The highest BCUT2D eigenvalue weighted by Crippen LogP contribution is 2.16. The van der Waals surface area contributed by atoms with E-state index in [1.807, 2.05) is 14.0 Å². The van der Waals surface area contributed by atoms with Crippen LogP contribution in [0.2, 0.25) is 0 Å². The van der Waals surface area contributed by atoms with Crippen LogP contribution < -0.4 is 5.32 Å². The summed E-state index contributed by atoms with van der Waals surface area (Å²) in [6.45, 7) is 4.30. The second-order valence-corrected chi connectivity index (χ2v) is 7.89. The molecule has 21 heavy (non-hydrogen) atoms. The molecular weight excluding hydrogens is 312 g/mol. The average Bonchev–Trinajstić information content (AvgIpc) is 2.39. The van der Waals surface area contributed by atoms with E-state index >= 15 is 0 Å². The van der Waals surface area contributed by atoms with Gasteiger partial charge in [0.15, 0.2) is 9.84 Å². The van der Waals surface area contributed by atoms with Gasteiger partial charge in [0.25, 0.3) is 0 Å². The van der Waals surface area contributed by atoms with Crippen molar-refractivity contribution in [1.82, 2.24) is 10.2 Å². The summed E-state index contributed by atoms with van der Waals surface area (Å²) in [6.07, 6.45) is 4.62. The summed E-state index contributed by atoms with van der Waals surface area (Å²) < 4.78 is 23.8. The van der Waals surface area contributed by atoms with E-state index in [-0.39, 0.29) is 29.8 Å². The summed E-state index contributed by atoms with van der Waals surface area (Å²) in [6, 6.07) is 0. The summed E-state index contributed by atoms with van der Waals surface area (Å²) in [4.78, 5) is 13.8. The lowest BCUT2D eigenvalue weighted by molar-refractivity contribution is -0.130. The normalized spacial score (nSPS) is 19.1. The molecule has 7 heteroatoms. The molecule has 5 nitrogen and oxygen atoms in total. The van der Waals surface area contributed by atoms with Gasteiger partial charge in [0, 0.05) is 13.1 Å². The number of hydrogen-bond donors (Lipinski definition) is 1. The lowest BCUT2D eigenvalue weighted by Gasteiger charge is -2.32. The van der Waals surface area contributed by atoms with Crippen LogP contribution in [0, 0.1) is 5.92 Å². The van der Waals surface area contributed by atoms with Crippen molar-refractivity contribution in [3.8, 4) is 0 Å². The van der Waals surface area contributed by atoms with Crippen LogP contribution >= 0.6 is 12.4 Å². The molecule has 0 bridgehead atoms. The molecular formula is C14H29ClN2O3S. The third-order valence-corrected chi connectivity index (χ3v) is 5.36. The standard InChI is InChI=1S/C14H28N2O3S.ClH/c1-3-4-5-9-20(18,19)12-14(17)16-8-6-7-13(11-16)10-15-2;/h13,15H,3-12H2,1-2H3;1H. The molecule has 1 aliphatic rings. The van der Waals surface area contributed by atoms with E-state index in [4.69, 9.17) is 0 Å². The number of likely N-dealkylation sites (tertiary alicyclic amines) is 1. The molecule has 1 N–H and O–H groups in total. The van der Waals surface area contributed by atoms with Crippen molar-refractivity contribution in [3.05, 3.63) is 0 Å². The third kappa shape index (κ3) is 8.02. The molecule has 1 atom stereocenters. The minimum atomic E-state index is -3.24. The Balaban J connectivity index is 0.00000400. The fourth-order valence-electron chi connectivity index (χ4n) is 2.67. The first-order valence-electron chi connectivity index (χ1n) is 7.61. The summed E-state index contributed by atoms with van der Waals surface area (Å²) in [7, 11) is -1.34. The zero-order valence-electron chi connectivity index (χ0n) is 13.1.